The van der Waals surface area contributed by atoms with E-state index in [1.165, 1.54) is 21.9 Å². The van der Waals surface area contributed by atoms with Gasteiger partial charge in [0.05, 0.1) is 0 Å². The van der Waals surface area contributed by atoms with Gasteiger partial charge in [0.1, 0.15) is 0 Å². The minimum Gasteiger partial charge on any atom is -0.396 e. The van der Waals surface area contributed by atoms with E-state index in [1.807, 2.05) is 50.3 Å². The van der Waals surface area contributed by atoms with Crippen LogP contribution in [0.15, 0.2) is 121 Å². The molecule has 2 aliphatic carbocycles. The molecule has 4 aromatic carbocycles. The predicted octanol–water partition coefficient (Wildman–Crippen LogP) is 10.2. The number of benzene rings is 4. The number of rotatable bonds is 14. The van der Waals surface area contributed by atoms with Crippen molar-refractivity contribution >= 4 is 23.2 Å². The first-order valence-corrected chi connectivity index (χ1v) is 19.3. The monoisotopic (exact) mass is 842 g/mol. The third kappa shape index (κ3) is 17.5. The smallest absolute Gasteiger partial charge is 0.396 e. The quantitative estimate of drug-likeness (QED) is 0.0753. The van der Waals surface area contributed by atoms with Gasteiger partial charge in [0, 0.05) is 60.7 Å². The van der Waals surface area contributed by atoms with Crippen LogP contribution in [0.25, 0.3) is 0 Å². The van der Waals surface area contributed by atoms with Crippen LogP contribution in [-0.2, 0) is 21.7 Å². The molecule has 59 heavy (non-hydrogen) atoms. The Kier molecular flexibility index (Phi) is 24.3. The standard InChI is InChI=1S/2C19H20F2NO2.2C5H5.Ti/c2*1-2-6-14(13-23)12-22(18-10-9-16(20)11-17(18)21)19(24)15-7-4-3-5-8-15;2*1-2-4-5-3-1;/h2*3-5,7-10,14,23H,2,6,12-13H2,1H3;2*1-3H,4H2;/q4*-1;+4. The summed E-state index contributed by atoms with van der Waals surface area (Å²) in [6.07, 6.45) is 23.1. The van der Waals surface area contributed by atoms with E-state index in [4.69, 9.17) is 0 Å². The van der Waals surface area contributed by atoms with Crippen molar-refractivity contribution in [2.45, 2.75) is 52.4 Å². The van der Waals surface area contributed by atoms with Gasteiger partial charge in [0.15, 0.2) is 0 Å². The maximum atomic E-state index is 14.2. The fourth-order valence-corrected chi connectivity index (χ4v) is 5.84. The van der Waals surface area contributed by atoms with Gasteiger partial charge in [-0.25, -0.2) is 41.9 Å². The van der Waals surface area contributed by atoms with E-state index in [0.717, 1.165) is 37.8 Å². The van der Waals surface area contributed by atoms with Crippen molar-refractivity contribution in [2.24, 2.45) is 11.8 Å². The van der Waals surface area contributed by atoms with E-state index in [1.54, 1.807) is 60.7 Å². The molecule has 0 aliphatic heterocycles. The first-order valence-electron chi connectivity index (χ1n) is 19.3. The predicted molar refractivity (Wildman–Crippen MR) is 221 cm³/mol. The van der Waals surface area contributed by atoms with Crippen molar-refractivity contribution in [3.8, 4) is 0 Å². The zero-order chi connectivity index (χ0) is 42.1. The third-order valence-corrected chi connectivity index (χ3v) is 8.76. The first-order chi connectivity index (χ1) is 28.1. The molecule has 308 valence electrons. The average molecular weight is 843 g/mol. The van der Waals surface area contributed by atoms with Crippen molar-refractivity contribution in [3.63, 3.8) is 0 Å². The molecule has 2 aliphatic rings. The molecule has 0 fully saturated rings. The van der Waals surface area contributed by atoms with E-state index in [-0.39, 0.29) is 71.2 Å². The van der Waals surface area contributed by atoms with E-state index in [2.05, 4.69) is 24.3 Å². The minimum absolute atomic E-state index is 0. The second kappa shape index (κ2) is 28.5. The van der Waals surface area contributed by atoms with Gasteiger partial charge in [-0.15, -0.1) is 49.2 Å². The topological polar surface area (TPSA) is 81.1 Å². The van der Waals surface area contributed by atoms with Crippen LogP contribution in [0.1, 0.15) is 73.1 Å². The Balaban J connectivity index is 0.000000323. The number of carbonyl (C=O) groups is 2. The summed E-state index contributed by atoms with van der Waals surface area (Å²) in [5.41, 5.74) is 0.712. The molecule has 2 atom stereocenters. The molecule has 6 nitrogen and oxygen atoms in total. The van der Waals surface area contributed by atoms with Crippen LogP contribution >= 0.6 is 0 Å². The van der Waals surface area contributed by atoms with Gasteiger partial charge in [-0.05, 0) is 60.3 Å². The van der Waals surface area contributed by atoms with E-state index < -0.39 is 35.1 Å². The van der Waals surface area contributed by atoms with Crippen LogP contribution in [0.2, 0.25) is 0 Å². The van der Waals surface area contributed by atoms with Crippen LogP contribution < -0.4 is 9.80 Å². The van der Waals surface area contributed by atoms with Gasteiger partial charge in [-0.3, -0.25) is 21.7 Å². The van der Waals surface area contributed by atoms with Crippen molar-refractivity contribution in [3.05, 3.63) is 180 Å². The molecule has 0 saturated heterocycles. The Labute approximate surface area is 361 Å². The van der Waals surface area contributed by atoms with Crippen LogP contribution in [-0.4, -0.2) is 48.3 Å². The molecule has 0 spiro atoms. The van der Waals surface area contributed by atoms with Crippen molar-refractivity contribution in [1.82, 2.24) is 0 Å². The molecule has 2 amide bonds. The summed E-state index contributed by atoms with van der Waals surface area (Å²) in [6.45, 7) is 4.01. The number of aliphatic hydroxyl groups is 2. The van der Waals surface area contributed by atoms with E-state index in [0.29, 0.717) is 24.0 Å². The molecular formula is C48H50F4N2O4Ti. The van der Waals surface area contributed by atoms with Crippen molar-refractivity contribution in [2.75, 3.05) is 36.1 Å². The van der Waals surface area contributed by atoms with Gasteiger partial charge in [-0.2, -0.15) is 12.2 Å². The number of amides is 2. The Hall–Kier alpha value is -4.87. The Bertz CT molecular complexity index is 1800. The summed E-state index contributed by atoms with van der Waals surface area (Å²) in [6, 6.07) is 25.5. The van der Waals surface area contributed by atoms with Gasteiger partial charge >= 0.3 is 21.7 Å². The second-order valence-electron chi connectivity index (χ2n) is 13.3. The number of aliphatic hydroxyl groups excluding tert-OH is 2. The summed E-state index contributed by atoms with van der Waals surface area (Å²) in [7, 11) is 0. The summed E-state index contributed by atoms with van der Waals surface area (Å²) >= 11 is 0. The number of anilines is 2. The average Bonchev–Trinajstić information content (AvgIpc) is 4.03. The summed E-state index contributed by atoms with van der Waals surface area (Å²) in [5, 5.41) is 19.0. The first kappa shape index (κ1) is 50.3. The zero-order valence-corrected chi connectivity index (χ0v) is 35.0. The number of hydrogen-bond acceptors (Lipinski definition) is 4. The Morgan fingerprint density at radius 3 is 1.24 bits per heavy atom. The molecule has 0 aromatic heterocycles. The number of nitrogens with zero attached hydrogens (tertiary/aromatic N) is 2. The molecule has 4 aromatic rings. The molecule has 11 heteroatoms. The van der Waals surface area contributed by atoms with Gasteiger partial charge < -0.3 is 20.0 Å². The molecule has 2 N–H and O–H groups in total. The van der Waals surface area contributed by atoms with Crippen molar-refractivity contribution < 1.29 is 59.1 Å². The number of allylic oxidation sites excluding steroid dienone is 8. The summed E-state index contributed by atoms with van der Waals surface area (Å²) in [4.78, 5) is 28.1. The number of carbonyl (C=O) groups excluding carboxylic acids is 2. The van der Waals surface area contributed by atoms with Gasteiger partial charge in [-0.1, -0.05) is 63.1 Å². The van der Waals surface area contributed by atoms with Crippen LogP contribution in [0.3, 0.4) is 0 Å². The Morgan fingerprint density at radius 1 is 0.610 bits per heavy atom. The number of halogens is 4. The molecule has 0 saturated carbocycles. The van der Waals surface area contributed by atoms with Gasteiger partial charge in [0.2, 0.25) is 11.8 Å². The fourth-order valence-electron chi connectivity index (χ4n) is 5.84. The second-order valence-corrected chi connectivity index (χ2v) is 13.3. The van der Waals surface area contributed by atoms with Crippen LogP contribution in [0.4, 0.5) is 28.9 Å². The maximum Gasteiger partial charge on any atom is 4.00 e. The summed E-state index contributed by atoms with van der Waals surface area (Å²) < 4.78 is 54.6. The van der Waals surface area contributed by atoms with Crippen LogP contribution in [0, 0.1) is 59.4 Å². The molecule has 6 rings (SSSR count). The zero-order valence-electron chi connectivity index (χ0n) is 33.4. The largest absolute Gasteiger partial charge is 4.00 e. The number of hydrogen-bond donors (Lipinski definition) is 2. The molecule has 0 bridgehead atoms. The molecular weight excluding hydrogens is 792 g/mol. The maximum absolute atomic E-state index is 14.2. The summed E-state index contributed by atoms with van der Waals surface area (Å²) in [5.74, 6) is -4.67. The SMILES string of the molecule is CCCC(CO)CN(C(=O)c1ccccc1)c1ccc(F)[c-]c1F.CCCC(CO)CN(C(=O)c1ccccc1)c1ccc(F)[c-]c1F.[C-]1=CC=CC1.[C-]1=CC=CC1.[Ti+4]. The fraction of sp³-hybridized carbons (Fsp3) is 0.292. The Morgan fingerprint density at radius 2 is 0.983 bits per heavy atom. The molecule has 0 radical (unpaired) electrons. The normalized spacial score (nSPS) is 12.7. The van der Waals surface area contributed by atoms with Gasteiger partial charge in [0.25, 0.3) is 0 Å². The van der Waals surface area contributed by atoms with Crippen molar-refractivity contribution in [1.29, 1.82) is 0 Å². The minimum atomic E-state index is -0.924. The molecule has 2 unspecified atom stereocenters. The van der Waals surface area contributed by atoms with E-state index in [9.17, 15) is 37.4 Å². The van der Waals surface area contributed by atoms with E-state index >= 15 is 0 Å². The van der Waals surface area contributed by atoms with Crippen LogP contribution in [0.5, 0.6) is 0 Å². The third-order valence-electron chi connectivity index (χ3n) is 8.76. The molecule has 0 heterocycles.